The van der Waals surface area contributed by atoms with Crippen molar-refractivity contribution in [3.8, 4) is 0 Å². The molecule has 2 amide bonds. The molecule has 1 atom stereocenters. The van der Waals surface area contributed by atoms with Crippen LogP contribution in [0.1, 0.15) is 43.9 Å². The second-order valence-corrected chi connectivity index (χ2v) is 6.08. The van der Waals surface area contributed by atoms with Gasteiger partial charge >= 0.3 is 0 Å². The minimum absolute atomic E-state index is 0.0101. The van der Waals surface area contributed by atoms with Crippen molar-refractivity contribution in [1.82, 2.24) is 10.2 Å². The van der Waals surface area contributed by atoms with Crippen molar-refractivity contribution in [2.75, 3.05) is 13.6 Å². The maximum absolute atomic E-state index is 11.7. The molecule has 0 aromatic heterocycles. The molecule has 1 aromatic rings. The van der Waals surface area contributed by atoms with E-state index in [-0.39, 0.29) is 17.9 Å². The van der Waals surface area contributed by atoms with Gasteiger partial charge in [-0.3, -0.25) is 14.5 Å². The zero-order valence-corrected chi connectivity index (χ0v) is 13.1. The Bertz CT molecular complexity index is 492. The van der Waals surface area contributed by atoms with Crippen LogP contribution in [0, 0.1) is 5.92 Å². The lowest BCUT2D eigenvalue weighted by atomic mass is 9.99. The molecule has 0 saturated carbocycles. The predicted molar refractivity (Wildman–Crippen MR) is 82.7 cm³/mol. The SMILES string of the molecule is CNC(CN1C(=O)CCC1=O)c1ccc(CC(C)C)cc1. The van der Waals surface area contributed by atoms with E-state index in [4.69, 9.17) is 0 Å². The number of carbonyl (C=O) groups excluding carboxylic acids is 2. The van der Waals surface area contributed by atoms with E-state index in [2.05, 4.69) is 43.4 Å². The number of nitrogens with one attached hydrogen (secondary N) is 1. The number of benzene rings is 1. The molecule has 0 radical (unpaired) electrons. The summed E-state index contributed by atoms with van der Waals surface area (Å²) in [6.07, 6.45) is 1.76. The van der Waals surface area contributed by atoms with Gasteiger partial charge in [0.2, 0.25) is 11.8 Å². The molecular weight excluding hydrogens is 264 g/mol. The van der Waals surface area contributed by atoms with Gasteiger partial charge in [0, 0.05) is 19.4 Å². The second kappa shape index (κ2) is 6.85. The van der Waals surface area contributed by atoms with E-state index in [9.17, 15) is 9.59 Å². The van der Waals surface area contributed by atoms with Crippen LogP contribution < -0.4 is 5.32 Å². The molecule has 21 heavy (non-hydrogen) atoms. The van der Waals surface area contributed by atoms with Crippen LogP contribution in [0.3, 0.4) is 0 Å². The first kappa shape index (κ1) is 15.7. The molecule has 1 unspecified atom stereocenters. The first-order chi connectivity index (χ1) is 10.0. The number of carbonyl (C=O) groups is 2. The van der Waals surface area contributed by atoms with Crippen LogP contribution in [0.5, 0.6) is 0 Å². The predicted octanol–water partition coefficient (Wildman–Crippen LogP) is 2.29. The number of amides is 2. The minimum atomic E-state index is -0.0586. The molecule has 1 aromatic carbocycles. The summed E-state index contributed by atoms with van der Waals surface area (Å²) in [6.45, 7) is 4.82. The highest BCUT2D eigenvalue weighted by Crippen LogP contribution is 2.20. The van der Waals surface area contributed by atoms with Gasteiger partial charge < -0.3 is 5.32 Å². The molecule has 1 heterocycles. The zero-order chi connectivity index (χ0) is 15.4. The van der Waals surface area contributed by atoms with Gasteiger partial charge in [-0.15, -0.1) is 0 Å². The van der Waals surface area contributed by atoms with Crippen molar-refractivity contribution in [2.45, 2.75) is 39.2 Å². The molecule has 0 spiro atoms. The topological polar surface area (TPSA) is 49.4 Å². The lowest BCUT2D eigenvalue weighted by Crippen LogP contribution is -2.37. The third-order valence-corrected chi connectivity index (χ3v) is 3.89. The summed E-state index contributed by atoms with van der Waals surface area (Å²) in [5, 5.41) is 3.20. The van der Waals surface area contributed by atoms with Crippen LogP contribution in [0.2, 0.25) is 0 Å². The van der Waals surface area contributed by atoms with E-state index in [1.54, 1.807) is 0 Å². The number of imide groups is 1. The number of rotatable bonds is 6. The van der Waals surface area contributed by atoms with Crippen molar-refractivity contribution in [2.24, 2.45) is 5.92 Å². The number of hydrogen-bond acceptors (Lipinski definition) is 3. The lowest BCUT2D eigenvalue weighted by Gasteiger charge is -2.23. The average molecular weight is 288 g/mol. The van der Waals surface area contributed by atoms with Gasteiger partial charge in [0.05, 0.1) is 6.04 Å². The largest absolute Gasteiger partial charge is 0.312 e. The Morgan fingerprint density at radius 2 is 1.67 bits per heavy atom. The van der Waals surface area contributed by atoms with Crippen molar-refractivity contribution >= 4 is 11.8 Å². The minimum Gasteiger partial charge on any atom is -0.312 e. The third-order valence-electron chi connectivity index (χ3n) is 3.89. The van der Waals surface area contributed by atoms with Crippen molar-refractivity contribution in [3.05, 3.63) is 35.4 Å². The Labute approximate surface area is 126 Å². The normalized spacial score (nSPS) is 16.9. The molecule has 1 fully saturated rings. The number of hydrogen-bond donors (Lipinski definition) is 1. The lowest BCUT2D eigenvalue weighted by molar-refractivity contribution is -0.138. The molecule has 1 aliphatic rings. The van der Waals surface area contributed by atoms with Crippen LogP contribution in [-0.4, -0.2) is 30.3 Å². The Morgan fingerprint density at radius 3 is 2.14 bits per heavy atom. The standard InChI is InChI=1S/C17H24N2O2/c1-12(2)10-13-4-6-14(7-5-13)15(18-3)11-19-16(20)8-9-17(19)21/h4-7,12,15,18H,8-11H2,1-3H3. The summed E-state index contributed by atoms with van der Waals surface area (Å²) in [4.78, 5) is 24.8. The highest BCUT2D eigenvalue weighted by Gasteiger charge is 2.30. The van der Waals surface area contributed by atoms with Gasteiger partial charge in [-0.1, -0.05) is 38.1 Å². The Morgan fingerprint density at radius 1 is 1.10 bits per heavy atom. The van der Waals surface area contributed by atoms with E-state index >= 15 is 0 Å². The van der Waals surface area contributed by atoms with E-state index in [0.717, 1.165) is 12.0 Å². The smallest absolute Gasteiger partial charge is 0.229 e. The summed E-state index contributed by atoms with van der Waals surface area (Å²) >= 11 is 0. The molecule has 1 saturated heterocycles. The summed E-state index contributed by atoms with van der Waals surface area (Å²) in [7, 11) is 1.86. The zero-order valence-electron chi connectivity index (χ0n) is 13.1. The van der Waals surface area contributed by atoms with Gasteiger partial charge in [0.15, 0.2) is 0 Å². The summed E-state index contributed by atoms with van der Waals surface area (Å²) in [5.74, 6) is 0.518. The van der Waals surface area contributed by atoms with Crippen LogP contribution in [0.4, 0.5) is 0 Å². The van der Waals surface area contributed by atoms with E-state index in [0.29, 0.717) is 25.3 Å². The number of likely N-dealkylation sites (N-methyl/N-ethyl adjacent to an activating group) is 1. The van der Waals surface area contributed by atoms with Crippen LogP contribution >= 0.6 is 0 Å². The number of likely N-dealkylation sites (tertiary alicyclic amines) is 1. The Hall–Kier alpha value is -1.68. The third kappa shape index (κ3) is 3.91. The van der Waals surface area contributed by atoms with Gasteiger partial charge in [-0.2, -0.15) is 0 Å². The van der Waals surface area contributed by atoms with Crippen LogP contribution in [-0.2, 0) is 16.0 Å². The van der Waals surface area contributed by atoms with Crippen LogP contribution in [0.15, 0.2) is 24.3 Å². The van der Waals surface area contributed by atoms with Crippen LogP contribution in [0.25, 0.3) is 0 Å². The van der Waals surface area contributed by atoms with Gasteiger partial charge in [-0.05, 0) is 30.5 Å². The fraction of sp³-hybridized carbons (Fsp3) is 0.529. The molecule has 1 aliphatic heterocycles. The summed E-state index contributed by atoms with van der Waals surface area (Å²) < 4.78 is 0. The summed E-state index contributed by atoms with van der Waals surface area (Å²) in [5.41, 5.74) is 2.43. The molecule has 2 rings (SSSR count). The quantitative estimate of drug-likeness (QED) is 0.817. The van der Waals surface area contributed by atoms with Crippen molar-refractivity contribution < 1.29 is 9.59 Å². The van der Waals surface area contributed by atoms with Crippen molar-refractivity contribution in [3.63, 3.8) is 0 Å². The van der Waals surface area contributed by atoms with Crippen molar-refractivity contribution in [1.29, 1.82) is 0 Å². The van der Waals surface area contributed by atoms with Gasteiger partial charge in [0.1, 0.15) is 0 Å². The fourth-order valence-electron chi connectivity index (χ4n) is 2.73. The Balaban J connectivity index is 2.06. The highest BCUT2D eigenvalue weighted by atomic mass is 16.2. The first-order valence-electron chi connectivity index (χ1n) is 7.60. The molecule has 0 aliphatic carbocycles. The average Bonchev–Trinajstić information content (AvgIpc) is 2.76. The molecule has 114 valence electrons. The highest BCUT2D eigenvalue weighted by molar-refractivity contribution is 6.01. The van der Waals surface area contributed by atoms with E-state index in [1.165, 1.54) is 10.5 Å². The maximum Gasteiger partial charge on any atom is 0.229 e. The molecule has 4 nitrogen and oxygen atoms in total. The fourth-order valence-corrected chi connectivity index (χ4v) is 2.73. The van der Waals surface area contributed by atoms with Gasteiger partial charge in [0.25, 0.3) is 0 Å². The maximum atomic E-state index is 11.7. The Kier molecular flexibility index (Phi) is 5.12. The number of nitrogens with zero attached hydrogens (tertiary/aromatic N) is 1. The van der Waals surface area contributed by atoms with E-state index in [1.807, 2.05) is 7.05 Å². The second-order valence-electron chi connectivity index (χ2n) is 6.08. The van der Waals surface area contributed by atoms with Gasteiger partial charge in [-0.25, -0.2) is 0 Å². The molecular formula is C17H24N2O2. The van der Waals surface area contributed by atoms with E-state index < -0.39 is 0 Å². The monoisotopic (exact) mass is 288 g/mol. The first-order valence-corrected chi connectivity index (χ1v) is 7.60. The molecule has 1 N–H and O–H groups in total. The molecule has 0 bridgehead atoms. The molecule has 4 heteroatoms. The summed E-state index contributed by atoms with van der Waals surface area (Å²) in [6, 6.07) is 8.43.